The number of benzene rings is 1. The van der Waals surface area contributed by atoms with Crippen molar-refractivity contribution in [2.24, 2.45) is 5.73 Å². The first-order valence-corrected chi connectivity index (χ1v) is 13.2. The summed E-state index contributed by atoms with van der Waals surface area (Å²) in [7, 11) is 3.27. The monoisotopic (exact) mass is 547 g/mol. The predicted molar refractivity (Wildman–Crippen MR) is 149 cm³/mol. The van der Waals surface area contributed by atoms with Gasteiger partial charge in [0.05, 0.1) is 34.9 Å². The SMILES string of the molecule is C=CC(=O)N1C[C@@H](n2nc(C#Cc3cc4nnc(C)c(C5CC5)c4cc3Cl)c(C(N)=O)c2NC)C[C@@H]1COC. The molecule has 1 saturated heterocycles. The van der Waals surface area contributed by atoms with Crippen molar-refractivity contribution in [3.63, 3.8) is 0 Å². The Morgan fingerprint density at radius 2 is 2.08 bits per heavy atom. The Kier molecular flexibility index (Phi) is 7.30. The predicted octanol–water partition coefficient (Wildman–Crippen LogP) is 3.18. The van der Waals surface area contributed by atoms with Crippen LogP contribution in [0.25, 0.3) is 10.9 Å². The number of ether oxygens (including phenoxy) is 1. The molecule has 0 bridgehead atoms. The molecule has 0 spiro atoms. The number of aryl methyl sites for hydroxylation is 1. The summed E-state index contributed by atoms with van der Waals surface area (Å²) in [6.45, 7) is 6.32. The van der Waals surface area contributed by atoms with Gasteiger partial charge in [-0.15, -0.1) is 0 Å². The normalized spacial score (nSPS) is 18.6. The molecule has 10 nitrogen and oxygen atoms in total. The number of hydrogen-bond donors (Lipinski definition) is 2. The van der Waals surface area contributed by atoms with Crippen molar-refractivity contribution in [1.82, 2.24) is 24.9 Å². The number of carbonyl (C=O) groups is 2. The fourth-order valence-corrected chi connectivity index (χ4v) is 5.62. The number of primary amides is 1. The summed E-state index contributed by atoms with van der Waals surface area (Å²) in [5.41, 5.74) is 9.54. The first-order chi connectivity index (χ1) is 18.8. The molecule has 2 amide bonds. The van der Waals surface area contributed by atoms with Gasteiger partial charge in [0.1, 0.15) is 11.4 Å². The van der Waals surface area contributed by atoms with E-state index in [1.54, 1.807) is 23.7 Å². The van der Waals surface area contributed by atoms with E-state index in [1.807, 2.05) is 19.1 Å². The molecule has 11 heteroatoms. The van der Waals surface area contributed by atoms with E-state index in [0.29, 0.717) is 41.9 Å². The second-order valence-corrected chi connectivity index (χ2v) is 10.3. The highest BCUT2D eigenvalue weighted by Gasteiger charge is 2.38. The number of nitrogens with two attached hydrogens (primary N) is 1. The lowest BCUT2D eigenvalue weighted by Crippen LogP contribution is -2.37. The van der Waals surface area contributed by atoms with Gasteiger partial charge in [0.2, 0.25) is 5.91 Å². The van der Waals surface area contributed by atoms with Crippen LogP contribution in [0.15, 0.2) is 24.8 Å². The minimum absolute atomic E-state index is 0.160. The van der Waals surface area contributed by atoms with E-state index in [0.717, 1.165) is 29.4 Å². The molecule has 0 unspecified atom stereocenters. The van der Waals surface area contributed by atoms with Gasteiger partial charge in [-0.05, 0) is 61.8 Å². The number of amides is 2. The average molecular weight is 548 g/mol. The minimum atomic E-state index is -0.666. The average Bonchev–Trinajstić information content (AvgIpc) is 3.54. The quantitative estimate of drug-likeness (QED) is 0.343. The summed E-state index contributed by atoms with van der Waals surface area (Å²) in [5.74, 6) is 6.13. The number of nitrogens with one attached hydrogen (secondary N) is 1. The van der Waals surface area contributed by atoms with Gasteiger partial charge in [-0.2, -0.15) is 15.3 Å². The van der Waals surface area contributed by atoms with Crippen LogP contribution >= 0.6 is 11.6 Å². The van der Waals surface area contributed by atoms with Gasteiger partial charge in [0.25, 0.3) is 5.91 Å². The van der Waals surface area contributed by atoms with E-state index in [2.05, 4.69) is 39.0 Å². The highest BCUT2D eigenvalue weighted by Crippen LogP contribution is 2.44. The van der Waals surface area contributed by atoms with Gasteiger partial charge in [-0.3, -0.25) is 9.59 Å². The molecule has 3 N–H and O–H groups in total. The zero-order chi connectivity index (χ0) is 27.8. The van der Waals surface area contributed by atoms with Crippen molar-refractivity contribution >= 4 is 40.1 Å². The van der Waals surface area contributed by atoms with Crippen LogP contribution in [-0.2, 0) is 9.53 Å². The zero-order valence-electron chi connectivity index (χ0n) is 22.1. The van der Waals surface area contributed by atoms with Crippen molar-refractivity contribution in [3.05, 3.63) is 57.9 Å². The van der Waals surface area contributed by atoms with Gasteiger partial charge in [0, 0.05) is 31.7 Å². The topological polar surface area (TPSA) is 128 Å². The van der Waals surface area contributed by atoms with Crippen LogP contribution < -0.4 is 11.1 Å². The number of methoxy groups -OCH3 is 1. The summed E-state index contributed by atoms with van der Waals surface area (Å²) >= 11 is 6.66. The smallest absolute Gasteiger partial charge is 0.255 e. The number of anilines is 1. The number of halogens is 1. The third kappa shape index (κ3) is 4.95. The Balaban J connectivity index is 1.54. The Bertz CT molecular complexity index is 1550. The molecule has 2 fully saturated rings. The standard InChI is InChI=1S/C28H30ClN7O3/c1-5-24(37)35-13-18(11-19(35)14-39-4)36-28(31-3)26(27(30)38)22(34-36)9-8-17-10-23-20(12-21(17)29)25(16-6-7-16)15(2)32-33-23/h5,10,12,16,18-19,31H,1,6-7,11,13-14H2,2-4H3,(H2,30,38)/t18-,19+/m0/s1. The molecule has 0 radical (unpaired) electrons. The molecule has 1 aliphatic carbocycles. The number of carbonyl (C=O) groups excluding carboxylic acids is 2. The maximum Gasteiger partial charge on any atom is 0.255 e. The Hall–Kier alpha value is -3.94. The molecule has 3 heterocycles. The van der Waals surface area contributed by atoms with E-state index in [-0.39, 0.29) is 29.2 Å². The summed E-state index contributed by atoms with van der Waals surface area (Å²) in [6, 6.07) is 3.32. The Morgan fingerprint density at radius 1 is 1.31 bits per heavy atom. The molecule has 3 aromatic rings. The van der Waals surface area contributed by atoms with Gasteiger partial charge in [-0.1, -0.05) is 24.1 Å². The first kappa shape index (κ1) is 26.7. The van der Waals surface area contributed by atoms with Crippen molar-refractivity contribution < 1.29 is 14.3 Å². The lowest BCUT2D eigenvalue weighted by molar-refractivity contribution is -0.127. The fourth-order valence-electron chi connectivity index (χ4n) is 5.41. The minimum Gasteiger partial charge on any atom is -0.383 e. The molecule has 1 saturated carbocycles. The highest BCUT2D eigenvalue weighted by molar-refractivity contribution is 6.32. The molecular formula is C28H30ClN7O3. The van der Waals surface area contributed by atoms with Crippen LogP contribution in [0.4, 0.5) is 5.82 Å². The summed E-state index contributed by atoms with van der Waals surface area (Å²) in [5, 5.41) is 17.9. The second kappa shape index (κ2) is 10.7. The fraction of sp³-hybridized carbons (Fsp3) is 0.393. The molecule has 2 aliphatic rings. The molecule has 5 rings (SSSR count). The van der Waals surface area contributed by atoms with Crippen LogP contribution in [0.3, 0.4) is 0 Å². The third-order valence-corrected chi connectivity index (χ3v) is 7.64. The zero-order valence-corrected chi connectivity index (χ0v) is 22.9. The number of rotatable bonds is 7. The van der Waals surface area contributed by atoms with Crippen LogP contribution in [0.5, 0.6) is 0 Å². The van der Waals surface area contributed by atoms with Crippen LogP contribution in [0.1, 0.15) is 64.1 Å². The van der Waals surface area contributed by atoms with Crippen LogP contribution in [0.2, 0.25) is 5.02 Å². The van der Waals surface area contributed by atoms with E-state index >= 15 is 0 Å². The third-order valence-electron chi connectivity index (χ3n) is 7.32. The van der Waals surface area contributed by atoms with Crippen LogP contribution in [-0.4, -0.2) is 70.0 Å². The number of hydrogen-bond acceptors (Lipinski definition) is 7. The van der Waals surface area contributed by atoms with Crippen molar-refractivity contribution in [2.75, 3.05) is 32.6 Å². The lowest BCUT2D eigenvalue weighted by Gasteiger charge is -2.22. The summed E-state index contributed by atoms with van der Waals surface area (Å²) in [4.78, 5) is 26.7. The van der Waals surface area contributed by atoms with E-state index < -0.39 is 5.91 Å². The maximum absolute atomic E-state index is 12.5. The number of likely N-dealkylation sites (tertiary alicyclic amines) is 1. The number of nitrogens with zero attached hydrogens (tertiary/aromatic N) is 5. The lowest BCUT2D eigenvalue weighted by atomic mass is 10.0. The Labute approximate surface area is 231 Å². The van der Waals surface area contributed by atoms with Crippen LogP contribution in [0, 0.1) is 18.8 Å². The van der Waals surface area contributed by atoms with E-state index in [4.69, 9.17) is 22.1 Å². The Morgan fingerprint density at radius 3 is 2.72 bits per heavy atom. The van der Waals surface area contributed by atoms with Gasteiger partial charge >= 0.3 is 0 Å². The number of fused-ring (bicyclic) bond motifs is 1. The molecule has 202 valence electrons. The van der Waals surface area contributed by atoms with Crippen molar-refractivity contribution in [3.8, 4) is 11.8 Å². The van der Waals surface area contributed by atoms with Crippen molar-refractivity contribution in [1.29, 1.82) is 0 Å². The van der Waals surface area contributed by atoms with E-state index in [1.165, 1.54) is 11.6 Å². The highest BCUT2D eigenvalue weighted by atomic mass is 35.5. The van der Waals surface area contributed by atoms with E-state index in [9.17, 15) is 9.59 Å². The molecule has 2 atom stereocenters. The molecular weight excluding hydrogens is 518 g/mol. The molecule has 1 aromatic carbocycles. The maximum atomic E-state index is 12.5. The number of aromatic nitrogens is 4. The molecule has 39 heavy (non-hydrogen) atoms. The van der Waals surface area contributed by atoms with Gasteiger partial charge < -0.3 is 20.7 Å². The molecule has 1 aliphatic heterocycles. The van der Waals surface area contributed by atoms with Crippen molar-refractivity contribution in [2.45, 2.75) is 44.2 Å². The first-order valence-electron chi connectivity index (χ1n) is 12.8. The van der Waals surface area contributed by atoms with Gasteiger partial charge in [0.15, 0.2) is 5.69 Å². The summed E-state index contributed by atoms with van der Waals surface area (Å²) < 4.78 is 7.01. The largest absolute Gasteiger partial charge is 0.383 e. The molecule has 2 aromatic heterocycles. The second-order valence-electron chi connectivity index (χ2n) is 9.90. The van der Waals surface area contributed by atoms with Gasteiger partial charge in [-0.25, -0.2) is 4.68 Å². The summed E-state index contributed by atoms with van der Waals surface area (Å²) in [6.07, 6.45) is 4.14.